The first-order valence-electron chi connectivity index (χ1n) is 12.2. The van der Waals surface area contributed by atoms with Crippen LogP contribution in [0.2, 0.25) is 0 Å². The average molecular weight is 521 g/mol. The molecular weight excluding hydrogens is 488 g/mol. The van der Waals surface area contributed by atoms with Crippen molar-refractivity contribution in [3.05, 3.63) is 81.1 Å². The SMILES string of the molecule is CCOC(=O)C(C)(C)Oc1c(C)cc(CNCc2nc(Cc3nc(-c4ccccc4)no3)cs2)cc1C. The van der Waals surface area contributed by atoms with Gasteiger partial charge in [0.05, 0.1) is 18.7 Å². The zero-order valence-electron chi connectivity index (χ0n) is 21.8. The summed E-state index contributed by atoms with van der Waals surface area (Å²) in [6, 6.07) is 13.9. The Morgan fingerprint density at radius 2 is 1.81 bits per heavy atom. The van der Waals surface area contributed by atoms with Crippen LogP contribution in [0.25, 0.3) is 11.4 Å². The number of aryl methyl sites for hydroxylation is 2. The average Bonchev–Trinajstić information content (AvgIpc) is 3.52. The molecule has 4 rings (SSSR count). The maximum Gasteiger partial charge on any atom is 0.349 e. The van der Waals surface area contributed by atoms with Crippen molar-refractivity contribution in [1.82, 2.24) is 20.4 Å². The topological polar surface area (TPSA) is 99.4 Å². The maximum atomic E-state index is 12.2. The van der Waals surface area contributed by atoms with Gasteiger partial charge in [-0.25, -0.2) is 9.78 Å². The molecule has 0 spiro atoms. The van der Waals surface area contributed by atoms with Crippen LogP contribution in [0.3, 0.4) is 0 Å². The van der Waals surface area contributed by atoms with Crippen molar-refractivity contribution in [2.75, 3.05) is 6.61 Å². The molecule has 9 heteroatoms. The van der Waals surface area contributed by atoms with Gasteiger partial charge in [-0.2, -0.15) is 4.98 Å². The zero-order chi connectivity index (χ0) is 26.4. The molecule has 0 atom stereocenters. The predicted octanol–water partition coefficient (Wildman–Crippen LogP) is 5.41. The number of hydrogen-bond acceptors (Lipinski definition) is 9. The highest BCUT2D eigenvalue weighted by atomic mass is 32.1. The Morgan fingerprint density at radius 3 is 2.51 bits per heavy atom. The van der Waals surface area contributed by atoms with E-state index in [0.717, 1.165) is 33.0 Å². The van der Waals surface area contributed by atoms with Crippen molar-refractivity contribution in [3.8, 4) is 17.1 Å². The third-order valence-corrected chi connectivity index (χ3v) is 6.58. The van der Waals surface area contributed by atoms with Crippen LogP contribution in [0.1, 0.15) is 54.1 Å². The summed E-state index contributed by atoms with van der Waals surface area (Å²) in [6.45, 7) is 10.9. The van der Waals surface area contributed by atoms with Gasteiger partial charge in [0.2, 0.25) is 11.7 Å². The Kier molecular flexibility index (Phi) is 8.35. The molecule has 0 bridgehead atoms. The van der Waals surface area contributed by atoms with Crippen LogP contribution >= 0.6 is 11.3 Å². The Balaban J connectivity index is 1.31. The van der Waals surface area contributed by atoms with Crippen molar-refractivity contribution in [2.45, 2.75) is 59.7 Å². The van der Waals surface area contributed by atoms with Crippen LogP contribution in [-0.4, -0.2) is 33.3 Å². The summed E-state index contributed by atoms with van der Waals surface area (Å²) in [7, 11) is 0. The summed E-state index contributed by atoms with van der Waals surface area (Å²) >= 11 is 1.60. The molecule has 194 valence electrons. The highest BCUT2D eigenvalue weighted by Crippen LogP contribution is 2.29. The highest BCUT2D eigenvalue weighted by Gasteiger charge is 2.32. The monoisotopic (exact) mass is 520 g/mol. The maximum absolute atomic E-state index is 12.2. The molecule has 0 aliphatic rings. The normalized spacial score (nSPS) is 11.5. The number of ether oxygens (including phenoxy) is 2. The molecule has 2 aromatic carbocycles. The van der Waals surface area contributed by atoms with E-state index in [1.165, 1.54) is 0 Å². The predicted molar refractivity (Wildman–Crippen MR) is 142 cm³/mol. The number of nitrogens with zero attached hydrogens (tertiary/aromatic N) is 3. The van der Waals surface area contributed by atoms with Crippen LogP contribution in [0.5, 0.6) is 5.75 Å². The fourth-order valence-corrected chi connectivity index (χ4v) is 4.68. The second kappa shape index (κ2) is 11.7. The van der Waals surface area contributed by atoms with Gasteiger partial charge in [-0.1, -0.05) is 47.6 Å². The standard InChI is InChI=1S/C28H32N4O4S/c1-6-34-27(33)28(4,5)35-25-18(2)12-20(13-19(25)3)15-29-16-24-30-22(17-37-24)14-23-31-26(32-36-23)21-10-8-7-9-11-21/h7-13,17,29H,6,14-16H2,1-5H3. The molecule has 0 amide bonds. The summed E-state index contributed by atoms with van der Waals surface area (Å²) in [5, 5.41) is 10.5. The Bertz CT molecular complexity index is 1320. The summed E-state index contributed by atoms with van der Waals surface area (Å²) in [6.07, 6.45) is 0.498. The van der Waals surface area contributed by atoms with Crippen molar-refractivity contribution < 1.29 is 18.8 Å². The summed E-state index contributed by atoms with van der Waals surface area (Å²) in [4.78, 5) is 21.4. The van der Waals surface area contributed by atoms with Crippen LogP contribution in [0.15, 0.2) is 52.4 Å². The van der Waals surface area contributed by atoms with E-state index < -0.39 is 5.60 Å². The number of carbonyl (C=O) groups is 1. The minimum atomic E-state index is -1.06. The lowest BCUT2D eigenvalue weighted by molar-refractivity contribution is -0.158. The van der Waals surface area contributed by atoms with Crippen LogP contribution < -0.4 is 10.1 Å². The van der Waals surface area contributed by atoms with E-state index in [0.29, 0.717) is 43.6 Å². The van der Waals surface area contributed by atoms with Crippen molar-refractivity contribution in [1.29, 1.82) is 0 Å². The van der Waals surface area contributed by atoms with E-state index in [4.69, 9.17) is 19.0 Å². The van der Waals surface area contributed by atoms with Gasteiger partial charge in [-0.05, 0) is 51.3 Å². The second-order valence-corrected chi connectivity index (χ2v) is 10.2. The Morgan fingerprint density at radius 1 is 1.08 bits per heavy atom. The lowest BCUT2D eigenvalue weighted by atomic mass is 10.0. The molecule has 2 aromatic heterocycles. The molecule has 37 heavy (non-hydrogen) atoms. The summed E-state index contributed by atoms with van der Waals surface area (Å²) in [5.74, 6) is 1.46. The molecule has 0 unspecified atom stereocenters. The molecule has 4 aromatic rings. The van der Waals surface area contributed by atoms with Crippen molar-refractivity contribution in [2.24, 2.45) is 0 Å². The number of carbonyl (C=O) groups excluding carboxylic acids is 1. The minimum Gasteiger partial charge on any atom is -0.476 e. The first-order valence-corrected chi connectivity index (χ1v) is 13.1. The van der Waals surface area contributed by atoms with Gasteiger partial charge in [-0.15, -0.1) is 11.3 Å². The Hall–Kier alpha value is -3.56. The minimum absolute atomic E-state index is 0.320. The van der Waals surface area contributed by atoms with E-state index in [9.17, 15) is 4.79 Å². The van der Waals surface area contributed by atoms with Crippen LogP contribution in [0, 0.1) is 13.8 Å². The van der Waals surface area contributed by atoms with Gasteiger partial charge in [-0.3, -0.25) is 0 Å². The van der Waals surface area contributed by atoms with Gasteiger partial charge in [0.1, 0.15) is 10.8 Å². The molecule has 0 saturated heterocycles. The molecule has 1 N–H and O–H groups in total. The number of benzene rings is 2. The summed E-state index contributed by atoms with van der Waals surface area (Å²) < 4.78 is 16.6. The molecule has 2 heterocycles. The fraction of sp³-hybridized carbons (Fsp3) is 0.357. The number of aromatic nitrogens is 3. The van der Waals surface area contributed by atoms with E-state index >= 15 is 0 Å². The molecular formula is C28H32N4O4S. The molecule has 0 radical (unpaired) electrons. The quantitative estimate of drug-likeness (QED) is 0.262. The second-order valence-electron chi connectivity index (χ2n) is 9.28. The largest absolute Gasteiger partial charge is 0.476 e. The number of esters is 1. The first kappa shape index (κ1) is 26.5. The zero-order valence-corrected chi connectivity index (χ0v) is 22.6. The number of thiazole rings is 1. The van der Waals surface area contributed by atoms with E-state index in [2.05, 4.69) is 27.6 Å². The van der Waals surface area contributed by atoms with Gasteiger partial charge in [0.15, 0.2) is 5.60 Å². The van der Waals surface area contributed by atoms with E-state index in [1.807, 2.05) is 49.6 Å². The highest BCUT2D eigenvalue weighted by molar-refractivity contribution is 7.09. The lowest BCUT2D eigenvalue weighted by Crippen LogP contribution is -2.40. The number of rotatable bonds is 11. The summed E-state index contributed by atoms with van der Waals surface area (Å²) in [5.41, 5.74) is 3.85. The third-order valence-electron chi connectivity index (χ3n) is 5.68. The lowest BCUT2D eigenvalue weighted by Gasteiger charge is -2.26. The number of nitrogens with one attached hydrogen (secondary N) is 1. The molecule has 0 aliphatic carbocycles. The van der Waals surface area contributed by atoms with E-state index in [-0.39, 0.29) is 5.97 Å². The molecule has 0 aliphatic heterocycles. The van der Waals surface area contributed by atoms with Crippen LogP contribution in [0.4, 0.5) is 0 Å². The third kappa shape index (κ3) is 6.81. The van der Waals surface area contributed by atoms with Gasteiger partial charge < -0.3 is 19.3 Å². The Labute approximate surface area is 221 Å². The fourth-order valence-electron chi connectivity index (χ4n) is 3.92. The smallest absolute Gasteiger partial charge is 0.349 e. The van der Waals surface area contributed by atoms with Gasteiger partial charge in [0, 0.05) is 24.0 Å². The van der Waals surface area contributed by atoms with Crippen molar-refractivity contribution >= 4 is 17.3 Å². The number of hydrogen-bond donors (Lipinski definition) is 1. The van der Waals surface area contributed by atoms with Crippen molar-refractivity contribution in [3.63, 3.8) is 0 Å². The van der Waals surface area contributed by atoms with E-state index in [1.54, 1.807) is 32.1 Å². The first-order chi connectivity index (χ1) is 17.7. The molecule has 0 fully saturated rings. The van der Waals surface area contributed by atoms with Crippen LogP contribution in [-0.2, 0) is 29.0 Å². The molecule has 0 saturated carbocycles. The van der Waals surface area contributed by atoms with Gasteiger partial charge in [0.25, 0.3) is 0 Å². The molecule has 8 nitrogen and oxygen atoms in total. The van der Waals surface area contributed by atoms with Gasteiger partial charge >= 0.3 is 5.97 Å².